The maximum absolute atomic E-state index is 6.15. The number of aromatic nitrogens is 2. The molecule has 0 radical (unpaired) electrons. The van der Waals surface area contributed by atoms with Crippen LogP contribution in [0, 0.1) is 5.92 Å². The van der Waals surface area contributed by atoms with E-state index in [2.05, 4.69) is 28.7 Å². The molecule has 1 aromatic rings. The van der Waals surface area contributed by atoms with Gasteiger partial charge in [0.15, 0.2) is 0 Å². The highest BCUT2D eigenvalue weighted by Crippen LogP contribution is 2.22. The third-order valence-corrected chi connectivity index (χ3v) is 3.26. The van der Waals surface area contributed by atoms with E-state index in [0.717, 1.165) is 30.6 Å². The Morgan fingerprint density at radius 2 is 2.47 bits per heavy atom. The van der Waals surface area contributed by atoms with Gasteiger partial charge in [-0.25, -0.2) is 4.98 Å². The molecule has 0 saturated carbocycles. The van der Waals surface area contributed by atoms with Gasteiger partial charge in [-0.1, -0.05) is 25.4 Å². The Labute approximate surface area is 95.8 Å². The molecule has 1 fully saturated rings. The summed E-state index contributed by atoms with van der Waals surface area (Å²) in [5.74, 6) is 2.24. The zero-order valence-electron chi connectivity index (χ0n) is 9.33. The van der Waals surface area contributed by atoms with Crippen molar-refractivity contribution in [2.45, 2.75) is 32.7 Å². The number of hydrogen-bond acceptors (Lipinski definition) is 2. The molecule has 0 bridgehead atoms. The smallest absolute Gasteiger partial charge is 0.128 e. The number of hydrogen-bond donors (Lipinski definition) is 1. The summed E-state index contributed by atoms with van der Waals surface area (Å²) in [4.78, 5) is 4.37. The van der Waals surface area contributed by atoms with Crippen LogP contribution in [-0.2, 0) is 6.54 Å². The molecule has 84 valence electrons. The Hall–Kier alpha value is -0.540. The van der Waals surface area contributed by atoms with Gasteiger partial charge in [-0.15, -0.1) is 0 Å². The monoisotopic (exact) mass is 227 g/mol. The van der Waals surface area contributed by atoms with Gasteiger partial charge in [-0.2, -0.15) is 0 Å². The van der Waals surface area contributed by atoms with E-state index in [0.29, 0.717) is 11.8 Å². The van der Waals surface area contributed by atoms with E-state index in [1.807, 2.05) is 0 Å². The van der Waals surface area contributed by atoms with Crippen LogP contribution in [0.25, 0.3) is 0 Å². The van der Waals surface area contributed by atoms with E-state index in [1.54, 1.807) is 6.20 Å². The second-order valence-corrected chi connectivity index (χ2v) is 4.95. The zero-order valence-corrected chi connectivity index (χ0v) is 10.1. The number of rotatable bonds is 3. The van der Waals surface area contributed by atoms with Crippen molar-refractivity contribution < 1.29 is 0 Å². The van der Waals surface area contributed by atoms with Crippen LogP contribution in [0.5, 0.6) is 0 Å². The molecule has 2 rings (SSSR count). The van der Waals surface area contributed by atoms with Crippen molar-refractivity contribution in [3.05, 3.63) is 17.2 Å². The van der Waals surface area contributed by atoms with Crippen LogP contribution in [0.15, 0.2) is 6.20 Å². The van der Waals surface area contributed by atoms with Gasteiger partial charge in [0.25, 0.3) is 0 Å². The SMILES string of the molecule is CC(C)c1ncc(Cl)n1CC1CCNC1. The molecular weight excluding hydrogens is 210 g/mol. The molecule has 2 heterocycles. The zero-order chi connectivity index (χ0) is 10.8. The van der Waals surface area contributed by atoms with Gasteiger partial charge in [0.2, 0.25) is 0 Å². The Kier molecular flexibility index (Phi) is 3.32. The normalized spacial score (nSPS) is 21.5. The van der Waals surface area contributed by atoms with Gasteiger partial charge in [0, 0.05) is 12.5 Å². The van der Waals surface area contributed by atoms with Crippen molar-refractivity contribution in [3.63, 3.8) is 0 Å². The average Bonchev–Trinajstić information content (AvgIpc) is 2.78. The Balaban J connectivity index is 2.14. The summed E-state index contributed by atoms with van der Waals surface area (Å²) >= 11 is 6.15. The minimum Gasteiger partial charge on any atom is -0.319 e. The lowest BCUT2D eigenvalue weighted by Crippen LogP contribution is -2.16. The van der Waals surface area contributed by atoms with Crippen molar-refractivity contribution in [2.75, 3.05) is 13.1 Å². The number of halogens is 1. The fraction of sp³-hybridized carbons (Fsp3) is 0.727. The van der Waals surface area contributed by atoms with Crippen LogP contribution in [0.1, 0.15) is 32.0 Å². The van der Waals surface area contributed by atoms with Gasteiger partial charge in [0.1, 0.15) is 11.0 Å². The Morgan fingerprint density at radius 3 is 3.07 bits per heavy atom. The third-order valence-electron chi connectivity index (χ3n) is 2.96. The van der Waals surface area contributed by atoms with Crippen molar-refractivity contribution in [1.82, 2.24) is 14.9 Å². The van der Waals surface area contributed by atoms with E-state index in [-0.39, 0.29) is 0 Å². The molecule has 1 aliphatic heterocycles. The van der Waals surface area contributed by atoms with Crippen molar-refractivity contribution in [1.29, 1.82) is 0 Å². The predicted octanol–water partition coefficient (Wildman–Crippen LogP) is 2.27. The van der Waals surface area contributed by atoms with Gasteiger partial charge in [0.05, 0.1) is 6.20 Å². The molecule has 4 heteroatoms. The summed E-state index contributed by atoms with van der Waals surface area (Å²) in [5, 5.41) is 4.15. The fourth-order valence-electron chi connectivity index (χ4n) is 2.14. The van der Waals surface area contributed by atoms with E-state index >= 15 is 0 Å². The highest BCUT2D eigenvalue weighted by Gasteiger charge is 2.19. The minimum atomic E-state index is 0.437. The number of nitrogens with zero attached hydrogens (tertiary/aromatic N) is 2. The highest BCUT2D eigenvalue weighted by molar-refractivity contribution is 6.29. The standard InChI is InChI=1S/C11H18ClN3/c1-8(2)11-14-6-10(12)15(11)7-9-3-4-13-5-9/h6,8-9,13H,3-5,7H2,1-2H3. The highest BCUT2D eigenvalue weighted by atomic mass is 35.5. The first kappa shape index (κ1) is 11.0. The summed E-state index contributed by atoms with van der Waals surface area (Å²) in [6.45, 7) is 7.55. The summed E-state index contributed by atoms with van der Waals surface area (Å²) < 4.78 is 2.16. The molecule has 1 atom stereocenters. The second-order valence-electron chi connectivity index (χ2n) is 4.56. The maximum atomic E-state index is 6.15. The molecule has 1 aliphatic rings. The van der Waals surface area contributed by atoms with Crippen LogP contribution in [0.3, 0.4) is 0 Å². The van der Waals surface area contributed by atoms with Crippen molar-refractivity contribution in [2.24, 2.45) is 5.92 Å². The lowest BCUT2D eigenvalue weighted by atomic mass is 10.1. The van der Waals surface area contributed by atoms with Gasteiger partial charge in [-0.3, -0.25) is 0 Å². The molecule has 1 N–H and O–H groups in total. The predicted molar refractivity (Wildman–Crippen MR) is 62.3 cm³/mol. The average molecular weight is 228 g/mol. The molecule has 0 aromatic carbocycles. The summed E-state index contributed by atoms with van der Waals surface area (Å²) in [6.07, 6.45) is 3.01. The van der Waals surface area contributed by atoms with E-state index in [9.17, 15) is 0 Å². The maximum Gasteiger partial charge on any atom is 0.128 e. The van der Waals surface area contributed by atoms with Crippen molar-refractivity contribution in [3.8, 4) is 0 Å². The molecule has 1 unspecified atom stereocenters. The first-order chi connectivity index (χ1) is 7.18. The van der Waals surface area contributed by atoms with Gasteiger partial charge >= 0.3 is 0 Å². The van der Waals surface area contributed by atoms with Crippen LogP contribution in [0.2, 0.25) is 5.15 Å². The van der Waals surface area contributed by atoms with E-state index in [1.165, 1.54) is 6.42 Å². The fourth-order valence-corrected chi connectivity index (χ4v) is 2.34. The third kappa shape index (κ3) is 2.34. The van der Waals surface area contributed by atoms with Crippen LogP contribution in [0.4, 0.5) is 0 Å². The van der Waals surface area contributed by atoms with Crippen LogP contribution >= 0.6 is 11.6 Å². The summed E-state index contributed by atoms with van der Waals surface area (Å²) in [7, 11) is 0. The molecule has 15 heavy (non-hydrogen) atoms. The molecule has 3 nitrogen and oxygen atoms in total. The molecule has 1 aromatic heterocycles. The van der Waals surface area contributed by atoms with E-state index in [4.69, 9.17) is 11.6 Å². The van der Waals surface area contributed by atoms with Crippen molar-refractivity contribution >= 4 is 11.6 Å². The molecule has 0 amide bonds. The first-order valence-electron chi connectivity index (χ1n) is 5.60. The first-order valence-corrected chi connectivity index (χ1v) is 5.98. The minimum absolute atomic E-state index is 0.437. The molecular formula is C11H18ClN3. The molecule has 1 saturated heterocycles. The number of imidazole rings is 1. The van der Waals surface area contributed by atoms with Gasteiger partial charge < -0.3 is 9.88 Å². The second kappa shape index (κ2) is 4.54. The Morgan fingerprint density at radius 1 is 1.67 bits per heavy atom. The van der Waals surface area contributed by atoms with Crippen LogP contribution < -0.4 is 5.32 Å². The summed E-state index contributed by atoms with van der Waals surface area (Å²) in [5.41, 5.74) is 0. The molecule has 0 aliphatic carbocycles. The number of nitrogens with one attached hydrogen (secondary N) is 1. The summed E-state index contributed by atoms with van der Waals surface area (Å²) in [6, 6.07) is 0. The topological polar surface area (TPSA) is 29.9 Å². The Bertz CT molecular complexity index is 327. The van der Waals surface area contributed by atoms with E-state index < -0.39 is 0 Å². The largest absolute Gasteiger partial charge is 0.319 e. The molecule has 0 spiro atoms. The lowest BCUT2D eigenvalue weighted by molar-refractivity contribution is 0.464. The van der Waals surface area contributed by atoms with Crippen LogP contribution in [-0.4, -0.2) is 22.6 Å². The lowest BCUT2D eigenvalue weighted by Gasteiger charge is -2.15. The quantitative estimate of drug-likeness (QED) is 0.859. The van der Waals surface area contributed by atoms with Gasteiger partial charge in [-0.05, 0) is 25.4 Å².